The first kappa shape index (κ1) is 20.5. The predicted molar refractivity (Wildman–Crippen MR) is 114 cm³/mol. The van der Waals surface area contributed by atoms with Crippen LogP contribution in [-0.2, 0) is 16.0 Å². The number of ether oxygens (including phenoxy) is 2. The number of benzene rings is 1. The van der Waals surface area contributed by atoms with Crippen molar-refractivity contribution < 1.29 is 14.3 Å². The zero-order valence-electron chi connectivity index (χ0n) is 16.7. The molecule has 1 atom stereocenters. The van der Waals surface area contributed by atoms with E-state index < -0.39 is 0 Å². The van der Waals surface area contributed by atoms with Crippen molar-refractivity contribution in [1.82, 2.24) is 15.1 Å². The van der Waals surface area contributed by atoms with Crippen LogP contribution in [0.15, 0.2) is 41.8 Å². The van der Waals surface area contributed by atoms with Gasteiger partial charge in [0.2, 0.25) is 0 Å². The van der Waals surface area contributed by atoms with Crippen LogP contribution in [0.1, 0.15) is 26.8 Å². The average molecular weight is 416 g/mol. The lowest BCUT2D eigenvalue weighted by atomic mass is 10.1. The maximum atomic E-state index is 12.9. The molecule has 29 heavy (non-hydrogen) atoms. The fourth-order valence-electron chi connectivity index (χ4n) is 3.90. The molecule has 2 aromatic rings. The molecule has 4 rings (SSSR count). The van der Waals surface area contributed by atoms with Crippen LogP contribution >= 0.6 is 11.3 Å². The lowest BCUT2D eigenvalue weighted by Gasteiger charge is -2.34. The van der Waals surface area contributed by atoms with E-state index in [-0.39, 0.29) is 11.9 Å². The second-order valence-electron chi connectivity index (χ2n) is 7.48. The van der Waals surface area contributed by atoms with E-state index in [1.807, 2.05) is 18.2 Å². The molecule has 1 amide bonds. The summed E-state index contributed by atoms with van der Waals surface area (Å²) in [5.74, 6) is -0.0105. The molecule has 1 aromatic carbocycles. The highest BCUT2D eigenvalue weighted by Crippen LogP contribution is 2.25. The molecule has 0 saturated carbocycles. The summed E-state index contributed by atoms with van der Waals surface area (Å²) in [5, 5.41) is 5.26. The summed E-state index contributed by atoms with van der Waals surface area (Å²) in [7, 11) is 0. The van der Waals surface area contributed by atoms with Gasteiger partial charge in [0.15, 0.2) is 0 Å². The van der Waals surface area contributed by atoms with Crippen LogP contribution in [0.5, 0.6) is 0 Å². The largest absolute Gasteiger partial charge is 0.379 e. The van der Waals surface area contributed by atoms with Crippen molar-refractivity contribution in [2.75, 3.05) is 59.2 Å². The zero-order valence-corrected chi connectivity index (χ0v) is 17.5. The van der Waals surface area contributed by atoms with Crippen molar-refractivity contribution in [2.45, 2.75) is 12.6 Å². The number of amides is 1. The van der Waals surface area contributed by atoms with E-state index in [1.54, 1.807) is 11.3 Å². The van der Waals surface area contributed by atoms with Gasteiger partial charge in [-0.3, -0.25) is 14.6 Å². The van der Waals surface area contributed by atoms with Crippen LogP contribution < -0.4 is 5.32 Å². The van der Waals surface area contributed by atoms with Gasteiger partial charge >= 0.3 is 0 Å². The van der Waals surface area contributed by atoms with Gasteiger partial charge in [-0.15, -0.1) is 11.3 Å². The summed E-state index contributed by atoms with van der Waals surface area (Å²) in [6.07, 6.45) is 0. The highest BCUT2D eigenvalue weighted by molar-refractivity contribution is 7.10. The molecule has 2 aliphatic heterocycles. The maximum absolute atomic E-state index is 12.9. The van der Waals surface area contributed by atoms with Crippen LogP contribution in [0.2, 0.25) is 0 Å². The molecule has 0 radical (unpaired) electrons. The average Bonchev–Trinajstić information content (AvgIpc) is 3.30. The van der Waals surface area contributed by atoms with Crippen molar-refractivity contribution in [3.8, 4) is 0 Å². The molecule has 2 aliphatic rings. The summed E-state index contributed by atoms with van der Waals surface area (Å²) in [5.41, 5.74) is 1.89. The van der Waals surface area contributed by atoms with Gasteiger partial charge < -0.3 is 14.8 Å². The monoisotopic (exact) mass is 415 g/mol. The fraction of sp³-hybridized carbons (Fsp3) is 0.500. The Morgan fingerprint density at radius 3 is 2.52 bits per heavy atom. The third-order valence-electron chi connectivity index (χ3n) is 5.51. The first-order valence-corrected chi connectivity index (χ1v) is 11.2. The Kier molecular flexibility index (Phi) is 7.29. The second-order valence-corrected chi connectivity index (χ2v) is 8.46. The van der Waals surface area contributed by atoms with Gasteiger partial charge in [0.25, 0.3) is 5.91 Å². The topological polar surface area (TPSA) is 54.0 Å². The molecule has 6 nitrogen and oxygen atoms in total. The lowest BCUT2D eigenvalue weighted by molar-refractivity contribution is 0.0169. The summed E-state index contributed by atoms with van der Waals surface area (Å²) < 4.78 is 10.9. The van der Waals surface area contributed by atoms with Crippen LogP contribution in [0.4, 0.5) is 0 Å². The van der Waals surface area contributed by atoms with Crippen molar-refractivity contribution in [3.63, 3.8) is 0 Å². The van der Waals surface area contributed by atoms with Gasteiger partial charge in [-0.25, -0.2) is 0 Å². The summed E-state index contributed by atoms with van der Waals surface area (Å²) in [4.78, 5) is 18.9. The Morgan fingerprint density at radius 1 is 1.03 bits per heavy atom. The predicted octanol–water partition coefficient (Wildman–Crippen LogP) is 2.38. The standard InChI is InChI=1S/C22H29N3O3S/c26-22(19-4-1-3-18(15-19)17-24-6-10-27-11-7-24)23-16-20(21-5-2-14-29-21)25-8-12-28-13-9-25/h1-5,14-15,20H,6-13,16-17H2,(H,23,26). The summed E-state index contributed by atoms with van der Waals surface area (Å²) in [6, 6.07) is 12.4. The quantitative estimate of drug-likeness (QED) is 0.753. The van der Waals surface area contributed by atoms with Crippen LogP contribution in [-0.4, -0.2) is 74.9 Å². The second kappa shape index (κ2) is 10.3. The molecule has 1 aromatic heterocycles. The van der Waals surface area contributed by atoms with Crippen molar-refractivity contribution in [1.29, 1.82) is 0 Å². The molecule has 0 spiro atoms. The van der Waals surface area contributed by atoms with E-state index in [0.717, 1.165) is 64.7 Å². The number of nitrogens with one attached hydrogen (secondary N) is 1. The number of hydrogen-bond donors (Lipinski definition) is 1. The number of nitrogens with zero attached hydrogens (tertiary/aromatic N) is 2. The molecule has 1 N–H and O–H groups in total. The SMILES string of the molecule is O=C(NCC(c1cccs1)N1CCOCC1)c1cccc(CN2CCOCC2)c1. The van der Waals surface area contributed by atoms with Gasteiger partial charge in [-0.1, -0.05) is 18.2 Å². The van der Waals surface area contributed by atoms with Crippen LogP contribution in [0.3, 0.4) is 0 Å². The molecular formula is C22H29N3O3S. The third kappa shape index (κ3) is 5.65. The molecule has 0 bridgehead atoms. The molecule has 0 aliphatic carbocycles. The number of carbonyl (C=O) groups is 1. The van der Waals surface area contributed by atoms with Gasteiger partial charge in [0.05, 0.1) is 32.5 Å². The van der Waals surface area contributed by atoms with E-state index in [0.29, 0.717) is 6.54 Å². The first-order valence-electron chi connectivity index (χ1n) is 10.3. The Bertz CT molecular complexity index is 771. The van der Waals surface area contributed by atoms with Gasteiger partial charge in [-0.05, 0) is 29.1 Å². The normalized spacial score (nSPS) is 19.7. The van der Waals surface area contributed by atoms with E-state index in [2.05, 4.69) is 38.7 Å². The molecule has 3 heterocycles. The fourth-order valence-corrected chi connectivity index (χ4v) is 4.76. The highest BCUT2D eigenvalue weighted by Gasteiger charge is 2.24. The van der Waals surface area contributed by atoms with Crippen molar-refractivity contribution in [2.24, 2.45) is 0 Å². The number of morpholine rings is 2. The molecule has 1 unspecified atom stereocenters. The number of hydrogen-bond acceptors (Lipinski definition) is 6. The van der Waals surface area contributed by atoms with Gasteiger partial charge in [0, 0.05) is 49.7 Å². The first-order chi connectivity index (χ1) is 14.3. The van der Waals surface area contributed by atoms with E-state index >= 15 is 0 Å². The van der Waals surface area contributed by atoms with Crippen molar-refractivity contribution in [3.05, 3.63) is 57.8 Å². The molecular weight excluding hydrogens is 386 g/mol. The van der Waals surface area contributed by atoms with E-state index in [1.165, 1.54) is 10.4 Å². The highest BCUT2D eigenvalue weighted by atomic mass is 32.1. The van der Waals surface area contributed by atoms with Crippen molar-refractivity contribution >= 4 is 17.2 Å². The molecule has 7 heteroatoms. The molecule has 2 saturated heterocycles. The third-order valence-corrected chi connectivity index (χ3v) is 6.49. The maximum Gasteiger partial charge on any atom is 0.251 e. The Balaban J connectivity index is 1.38. The van der Waals surface area contributed by atoms with Gasteiger partial charge in [0.1, 0.15) is 0 Å². The van der Waals surface area contributed by atoms with Crippen LogP contribution in [0.25, 0.3) is 0 Å². The van der Waals surface area contributed by atoms with E-state index in [9.17, 15) is 4.79 Å². The Morgan fingerprint density at radius 2 is 1.79 bits per heavy atom. The summed E-state index contributed by atoms with van der Waals surface area (Å²) >= 11 is 1.74. The zero-order chi connectivity index (χ0) is 19.9. The number of thiophene rings is 1. The number of rotatable bonds is 7. The smallest absolute Gasteiger partial charge is 0.251 e. The number of carbonyl (C=O) groups excluding carboxylic acids is 1. The Hall–Kier alpha value is -1.77. The minimum Gasteiger partial charge on any atom is -0.379 e. The van der Waals surface area contributed by atoms with E-state index in [4.69, 9.17) is 9.47 Å². The van der Waals surface area contributed by atoms with Crippen LogP contribution in [0, 0.1) is 0 Å². The minimum absolute atomic E-state index is 0.0105. The lowest BCUT2D eigenvalue weighted by Crippen LogP contribution is -2.43. The minimum atomic E-state index is -0.0105. The molecule has 2 fully saturated rings. The van der Waals surface area contributed by atoms with Gasteiger partial charge in [-0.2, -0.15) is 0 Å². The molecule has 156 valence electrons. The summed E-state index contributed by atoms with van der Waals surface area (Å²) in [6.45, 7) is 8.21. The Labute approximate surface area is 176 Å².